The molecule has 0 bridgehead atoms. The van der Waals surface area contributed by atoms with Crippen LogP contribution in [-0.2, 0) is 4.79 Å². The SMILES string of the molecule is C/C=C/C(=O)N1CCSC(C)(C)C1. The van der Waals surface area contributed by atoms with Crippen molar-refractivity contribution in [2.24, 2.45) is 0 Å². The van der Waals surface area contributed by atoms with Gasteiger partial charge >= 0.3 is 0 Å². The van der Waals surface area contributed by atoms with Crippen LogP contribution in [0.1, 0.15) is 20.8 Å². The van der Waals surface area contributed by atoms with Crippen molar-refractivity contribution >= 4 is 17.7 Å². The average Bonchev–Trinajstić information content (AvgIpc) is 2.03. The van der Waals surface area contributed by atoms with Crippen LogP contribution in [0.25, 0.3) is 0 Å². The predicted octanol–water partition coefficient (Wildman–Crippen LogP) is 1.92. The van der Waals surface area contributed by atoms with E-state index in [1.165, 1.54) is 0 Å². The molecule has 0 N–H and O–H groups in total. The first-order chi connectivity index (χ1) is 6.05. The van der Waals surface area contributed by atoms with Crippen LogP contribution in [0.2, 0.25) is 0 Å². The van der Waals surface area contributed by atoms with Gasteiger partial charge in [0, 0.05) is 23.6 Å². The first-order valence-corrected chi connectivity index (χ1v) is 5.59. The van der Waals surface area contributed by atoms with Gasteiger partial charge in [0.1, 0.15) is 0 Å². The molecule has 0 atom stereocenters. The zero-order valence-corrected chi connectivity index (χ0v) is 9.36. The fraction of sp³-hybridized carbons (Fsp3) is 0.700. The second-order valence-electron chi connectivity index (χ2n) is 3.87. The highest BCUT2D eigenvalue weighted by molar-refractivity contribution is 8.00. The zero-order valence-electron chi connectivity index (χ0n) is 8.54. The molecule has 0 spiro atoms. The van der Waals surface area contributed by atoms with Crippen molar-refractivity contribution in [2.75, 3.05) is 18.8 Å². The Bertz CT molecular complexity index is 223. The molecule has 1 aliphatic rings. The summed E-state index contributed by atoms with van der Waals surface area (Å²) in [5.41, 5.74) is 0. The first-order valence-electron chi connectivity index (χ1n) is 4.61. The Morgan fingerprint density at radius 3 is 2.77 bits per heavy atom. The summed E-state index contributed by atoms with van der Waals surface area (Å²) in [6, 6.07) is 0. The first kappa shape index (κ1) is 10.6. The average molecular weight is 199 g/mol. The topological polar surface area (TPSA) is 20.3 Å². The van der Waals surface area contributed by atoms with Crippen LogP contribution in [0.3, 0.4) is 0 Å². The number of hydrogen-bond acceptors (Lipinski definition) is 2. The van der Waals surface area contributed by atoms with Gasteiger partial charge in [0.25, 0.3) is 0 Å². The van der Waals surface area contributed by atoms with Gasteiger partial charge in [-0.25, -0.2) is 0 Å². The second-order valence-corrected chi connectivity index (χ2v) is 5.67. The van der Waals surface area contributed by atoms with E-state index in [0.29, 0.717) is 0 Å². The lowest BCUT2D eigenvalue weighted by Crippen LogP contribution is -2.45. The fourth-order valence-corrected chi connectivity index (χ4v) is 2.56. The Hall–Kier alpha value is -0.440. The van der Waals surface area contributed by atoms with Crippen molar-refractivity contribution in [3.8, 4) is 0 Å². The summed E-state index contributed by atoms with van der Waals surface area (Å²) in [7, 11) is 0. The lowest BCUT2D eigenvalue weighted by molar-refractivity contribution is -0.126. The molecule has 0 aliphatic carbocycles. The van der Waals surface area contributed by atoms with E-state index >= 15 is 0 Å². The Balaban J connectivity index is 2.56. The fourth-order valence-electron chi connectivity index (χ4n) is 1.45. The third-order valence-electron chi connectivity index (χ3n) is 2.05. The number of carbonyl (C=O) groups is 1. The predicted molar refractivity (Wildman–Crippen MR) is 57.9 cm³/mol. The molecular weight excluding hydrogens is 182 g/mol. The normalized spacial score (nSPS) is 22.2. The Kier molecular flexibility index (Phi) is 3.42. The van der Waals surface area contributed by atoms with Gasteiger partial charge in [-0.15, -0.1) is 0 Å². The summed E-state index contributed by atoms with van der Waals surface area (Å²) in [4.78, 5) is 13.4. The van der Waals surface area contributed by atoms with Crippen molar-refractivity contribution < 1.29 is 4.79 Å². The molecule has 0 aromatic rings. The van der Waals surface area contributed by atoms with E-state index in [-0.39, 0.29) is 10.7 Å². The van der Waals surface area contributed by atoms with Gasteiger partial charge in [-0.05, 0) is 26.8 Å². The van der Waals surface area contributed by atoms with Crippen LogP contribution in [0.5, 0.6) is 0 Å². The van der Waals surface area contributed by atoms with Crippen molar-refractivity contribution in [3.05, 3.63) is 12.2 Å². The van der Waals surface area contributed by atoms with Gasteiger partial charge in [0.15, 0.2) is 0 Å². The molecule has 0 radical (unpaired) electrons. The Labute approximate surface area is 84.4 Å². The molecule has 1 rings (SSSR count). The molecule has 13 heavy (non-hydrogen) atoms. The highest BCUT2D eigenvalue weighted by atomic mass is 32.2. The molecule has 0 aromatic heterocycles. The van der Waals surface area contributed by atoms with Crippen LogP contribution in [0.4, 0.5) is 0 Å². The molecule has 1 amide bonds. The van der Waals surface area contributed by atoms with Crippen molar-refractivity contribution in [3.63, 3.8) is 0 Å². The van der Waals surface area contributed by atoms with Gasteiger partial charge in [-0.1, -0.05) is 6.08 Å². The molecule has 1 saturated heterocycles. The number of allylic oxidation sites excluding steroid dienone is 1. The third-order valence-corrected chi connectivity index (χ3v) is 3.34. The summed E-state index contributed by atoms with van der Waals surface area (Å²) < 4.78 is 0.218. The van der Waals surface area contributed by atoms with Crippen LogP contribution < -0.4 is 0 Å². The Morgan fingerprint density at radius 1 is 1.54 bits per heavy atom. The minimum Gasteiger partial charge on any atom is -0.337 e. The van der Waals surface area contributed by atoms with Crippen LogP contribution in [0, 0.1) is 0 Å². The summed E-state index contributed by atoms with van der Waals surface area (Å²) in [5.74, 6) is 1.20. The smallest absolute Gasteiger partial charge is 0.246 e. The molecule has 1 fully saturated rings. The number of hydrogen-bond donors (Lipinski definition) is 0. The van der Waals surface area contributed by atoms with Crippen molar-refractivity contribution in [1.82, 2.24) is 4.90 Å². The van der Waals surface area contributed by atoms with E-state index in [9.17, 15) is 4.79 Å². The lowest BCUT2D eigenvalue weighted by atomic mass is 10.2. The molecule has 1 aliphatic heterocycles. The maximum Gasteiger partial charge on any atom is 0.246 e. The zero-order chi connectivity index (χ0) is 9.90. The quantitative estimate of drug-likeness (QED) is 0.601. The molecular formula is C10H17NOS. The van der Waals surface area contributed by atoms with E-state index in [0.717, 1.165) is 18.8 Å². The minimum atomic E-state index is 0.149. The standard InChI is InChI=1S/C10H17NOS/c1-4-5-9(12)11-6-7-13-10(2,3)8-11/h4-5H,6-8H2,1-3H3/b5-4+. The number of nitrogens with zero attached hydrogens (tertiary/aromatic N) is 1. The minimum absolute atomic E-state index is 0.149. The van der Waals surface area contributed by atoms with E-state index in [1.807, 2.05) is 23.6 Å². The molecule has 0 unspecified atom stereocenters. The molecule has 3 heteroatoms. The maximum absolute atomic E-state index is 11.5. The molecule has 2 nitrogen and oxygen atoms in total. The van der Waals surface area contributed by atoms with Crippen molar-refractivity contribution in [1.29, 1.82) is 0 Å². The summed E-state index contributed by atoms with van der Waals surface area (Å²) in [5, 5.41) is 0. The highest BCUT2D eigenvalue weighted by Gasteiger charge is 2.28. The Morgan fingerprint density at radius 2 is 2.23 bits per heavy atom. The maximum atomic E-state index is 11.5. The third kappa shape index (κ3) is 3.07. The molecule has 74 valence electrons. The number of carbonyl (C=O) groups excluding carboxylic acids is 1. The van der Waals surface area contributed by atoms with Gasteiger partial charge in [-0.3, -0.25) is 4.79 Å². The van der Waals surface area contributed by atoms with E-state index in [1.54, 1.807) is 12.2 Å². The van der Waals surface area contributed by atoms with Gasteiger partial charge < -0.3 is 4.90 Å². The summed E-state index contributed by atoms with van der Waals surface area (Å²) in [6.07, 6.45) is 3.45. The van der Waals surface area contributed by atoms with E-state index in [4.69, 9.17) is 0 Å². The van der Waals surface area contributed by atoms with E-state index < -0.39 is 0 Å². The summed E-state index contributed by atoms with van der Waals surface area (Å²) in [6.45, 7) is 8.00. The second kappa shape index (κ2) is 4.18. The monoisotopic (exact) mass is 199 g/mol. The molecule has 0 aromatic carbocycles. The van der Waals surface area contributed by atoms with Crippen LogP contribution in [-0.4, -0.2) is 34.4 Å². The van der Waals surface area contributed by atoms with Gasteiger partial charge in [0.2, 0.25) is 5.91 Å². The molecule has 1 heterocycles. The van der Waals surface area contributed by atoms with Crippen LogP contribution in [0.15, 0.2) is 12.2 Å². The largest absolute Gasteiger partial charge is 0.337 e. The van der Waals surface area contributed by atoms with Gasteiger partial charge in [-0.2, -0.15) is 11.8 Å². The van der Waals surface area contributed by atoms with Crippen LogP contribution >= 0.6 is 11.8 Å². The number of thioether (sulfide) groups is 1. The lowest BCUT2D eigenvalue weighted by Gasteiger charge is -2.37. The van der Waals surface area contributed by atoms with E-state index in [2.05, 4.69) is 13.8 Å². The van der Waals surface area contributed by atoms with Gasteiger partial charge in [0.05, 0.1) is 0 Å². The molecule has 0 saturated carbocycles. The van der Waals surface area contributed by atoms with Crippen molar-refractivity contribution in [2.45, 2.75) is 25.5 Å². The summed E-state index contributed by atoms with van der Waals surface area (Å²) >= 11 is 1.94. The highest BCUT2D eigenvalue weighted by Crippen LogP contribution is 2.29. The number of rotatable bonds is 1. The number of amides is 1.